The van der Waals surface area contributed by atoms with Crippen LogP contribution in [-0.2, 0) is 9.53 Å². The monoisotopic (exact) mass is 292 g/mol. The molecule has 0 heterocycles. The number of non-ortho nitro benzene ring substituents is 1. The molecule has 0 unspecified atom stereocenters. The quantitative estimate of drug-likeness (QED) is 0.667. The Morgan fingerprint density at radius 2 is 2.15 bits per heavy atom. The molecular weight excluding hydrogens is 281 g/mol. The Morgan fingerprint density at radius 1 is 1.50 bits per heavy atom. The Labute approximate surface area is 111 Å². The van der Waals surface area contributed by atoms with Gasteiger partial charge in [-0.3, -0.25) is 14.9 Å². The predicted molar refractivity (Wildman–Crippen MR) is 63.2 cm³/mol. The molecule has 0 aliphatic carbocycles. The number of hydrogen-bond acceptors (Lipinski definition) is 4. The highest BCUT2D eigenvalue weighted by Crippen LogP contribution is 2.18. The van der Waals surface area contributed by atoms with E-state index in [0.29, 0.717) is 0 Å². The average molecular weight is 292 g/mol. The zero-order chi connectivity index (χ0) is 15.3. The highest BCUT2D eigenvalue weighted by molar-refractivity contribution is 5.94. The van der Waals surface area contributed by atoms with Crippen molar-refractivity contribution in [3.05, 3.63) is 34.4 Å². The molecule has 110 valence electrons. The van der Waals surface area contributed by atoms with Crippen molar-refractivity contribution >= 4 is 17.3 Å². The van der Waals surface area contributed by atoms with Crippen molar-refractivity contribution in [2.45, 2.75) is 19.2 Å². The molecule has 0 fully saturated rings. The number of anilines is 1. The highest BCUT2D eigenvalue weighted by atomic mass is 19.4. The summed E-state index contributed by atoms with van der Waals surface area (Å²) in [6.45, 7) is -0.394. The van der Waals surface area contributed by atoms with Crippen LogP contribution in [-0.4, -0.2) is 29.7 Å². The van der Waals surface area contributed by atoms with Crippen LogP contribution in [0.3, 0.4) is 0 Å². The number of amides is 1. The lowest BCUT2D eigenvalue weighted by Crippen LogP contribution is -2.31. The molecule has 6 nitrogen and oxygen atoms in total. The van der Waals surface area contributed by atoms with Crippen molar-refractivity contribution in [2.75, 3.05) is 11.9 Å². The summed E-state index contributed by atoms with van der Waals surface area (Å²) in [4.78, 5) is 21.4. The summed E-state index contributed by atoms with van der Waals surface area (Å²) in [6.07, 6.45) is -5.86. The van der Waals surface area contributed by atoms with Crippen LogP contribution >= 0.6 is 0 Å². The van der Waals surface area contributed by atoms with Crippen LogP contribution in [0.5, 0.6) is 0 Å². The Morgan fingerprint density at radius 3 is 2.70 bits per heavy atom. The van der Waals surface area contributed by atoms with Gasteiger partial charge in [0.15, 0.2) is 0 Å². The number of nitrogens with zero attached hydrogens (tertiary/aromatic N) is 1. The first-order valence-electron chi connectivity index (χ1n) is 5.43. The van der Waals surface area contributed by atoms with E-state index in [1.807, 2.05) is 0 Å². The summed E-state index contributed by atoms with van der Waals surface area (Å²) in [6, 6.07) is 5.03. The van der Waals surface area contributed by atoms with Crippen molar-refractivity contribution in [2.24, 2.45) is 0 Å². The number of hydrogen-bond donors (Lipinski definition) is 1. The van der Waals surface area contributed by atoms with Gasteiger partial charge in [-0.05, 0) is 13.0 Å². The van der Waals surface area contributed by atoms with E-state index < -0.39 is 29.7 Å². The van der Waals surface area contributed by atoms with Gasteiger partial charge < -0.3 is 10.1 Å². The number of rotatable bonds is 5. The molecular formula is C11H11F3N2O4. The fourth-order valence-corrected chi connectivity index (χ4v) is 1.24. The fraction of sp³-hybridized carbons (Fsp3) is 0.364. The minimum Gasteiger partial charge on any atom is -0.359 e. The second kappa shape index (κ2) is 6.33. The van der Waals surface area contributed by atoms with E-state index in [9.17, 15) is 28.1 Å². The molecule has 0 spiro atoms. The average Bonchev–Trinajstić information content (AvgIpc) is 2.35. The van der Waals surface area contributed by atoms with Gasteiger partial charge in [0.05, 0.1) is 4.92 Å². The number of carbonyl (C=O) groups excluding carboxylic acids is 1. The SMILES string of the molecule is C[C@H](OCC(F)(F)F)C(=O)Nc1cccc([N+](=O)[O-])c1. The predicted octanol–water partition coefficient (Wildman–Crippen LogP) is 2.50. The van der Waals surface area contributed by atoms with Gasteiger partial charge in [0.25, 0.3) is 11.6 Å². The lowest BCUT2D eigenvalue weighted by molar-refractivity contribution is -0.384. The van der Waals surface area contributed by atoms with E-state index in [-0.39, 0.29) is 11.4 Å². The summed E-state index contributed by atoms with van der Waals surface area (Å²) in [5.74, 6) is -0.824. The minimum absolute atomic E-state index is 0.103. The zero-order valence-corrected chi connectivity index (χ0v) is 10.3. The molecule has 0 aliphatic heterocycles. The Hall–Kier alpha value is -2.16. The van der Waals surface area contributed by atoms with Crippen LogP contribution in [0.1, 0.15) is 6.92 Å². The van der Waals surface area contributed by atoms with Gasteiger partial charge >= 0.3 is 6.18 Å². The van der Waals surface area contributed by atoms with E-state index in [4.69, 9.17) is 0 Å². The standard InChI is InChI=1S/C11H11F3N2O4/c1-7(20-6-11(12,13)14)10(17)15-8-3-2-4-9(5-8)16(18)19/h2-5,7H,6H2,1H3,(H,15,17)/t7-/m0/s1. The maximum Gasteiger partial charge on any atom is 0.411 e. The Bertz CT molecular complexity index is 505. The molecule has 0 saturated carbocycles. The molecule has 0 saturated heterocycles. The van der Waals surface area contributed by atoms with Crippen molar-refractivity contribution in [1.82, 2.24) is 0 Å². The lowest BCUT2D eigenvalue weighted by atomic mass is 10.2. The number of alkyl halides is 3. The van der Waals surface area contributed by atoms with Crippen LogP contribution in [0, 0.1) is 10.1 Å². The smallest absolute Gasteiger partial charge is 0.359 e. The third-order valence-corrected chi connectivity index (χ3v) is 2.19. The van der Waals surface area contributed by atoms with Gasteiger partial charge in [0, 0.05) is 17.8 Å². The van der Waals surface area contributed by atoms with Crippen LogP contribution in [0.25, 0.3) is 0 Å². The summed E-state index contributed by atoms with van der Waals surface area (Å²) in [7, 11) is 0. The molecule has 1 atom stereocenters. The van der Waals surface area contributed by atoms with Crippen LogP contribution < -0.4 is 5.32 Å². The number of nitro groups is 1. The molecule has 0 aromatic heterocycles. The van der Waals surface area contributed by atoms with Gasteiger partial charge in [-0.25, -0.2) is 0 Å². The number of nitro benzene ring substituents is 1. The minimum atomic E-state index is -4.53. The second-order valence-corrected chi connectivity index (χ2v) is 3.87. The Balaban J connectivity index is 2.61. The first-order valence-corrected chi connectivity index (χ1v) is 5.43. The van der Waals surface area contributed by atoms with Crippen LogP contribution in [0.4, 0.5) is 24.5 Å². The molecule has 20 heavy (non-hydrogen) atoms. The topological polar surface area (TPSA) is 81.5 Å². The van der Waals surface area contributed by atoms with Gasteiger partial charge in [-0.2, -0.15) is 13.2 Å². The first-order chi connectivity index (χ1) is 9.19. The third-order valence-electron chi connectivity index (χ3n) is 2.19. The van der Waals surface area contributed by atoms with Gasteiger partial charge in [-0.1, -0.05) is 6.07 Å². The van der Waals surface area contributed by atoms with E-state index in [1.165, 1.54) is 18.2 Å². The largest absolute Gasteiger partial charge is 0.411 e. The molecule has 1 aromatic rings. The maximum absolute atomic E-state index is 11.9. The molecule has 1 rings (SSSR count). The van der Waals surface area contributed by atoms with Crippen molar-refractivity contribution in [3.8, 4) is 0 Å². The number of ether oxygens (including phenoxy) is 1. The van der Waals surface area contributed by atoms with Crippen LogP contribution in [0.15, 0.2) is 24.3 Å². The molecule has 1 aromatic carbocycles. The van der Waals surface area contributed by atoms with Crippen molar-refractivity contribution < 1.29 is 27.6 Å². The summed E-state index contributed by atoms with van der Waals surface area (Å²) in [5, 5.41) is 12.8. The number of nitrogens with one attached hydrogen (secondary N) is 1. The van der Waals surface area contributed by atoms with Gasteiger partial charge in [0.2, 0.25) is 0 Å². The normalized spacial score (nSPS) is 12.8. The fourth-order valence-electron chi connectivity index (χ4n) is 1.24. The molecule has 0 bridgehead atoms. The van der Waals surface area contributed by atoms with E-state index in [1.54, 1.807) is 0 Å². The van der Waals surface area contributed by atoms with Crippen LogP contribution in [0.2, 0.25) is 0 Å². The number of benzene rings is 1. The first kappa shape index (κ1) is 15.9. The van der Waals surface area contributed by atoms with Gasteiger partial charge in [0.1, 0.15) is 12.7 Å². The number of halogens is 3. The van der Waals surface area contributed by atoms with E-state index >= 15 is 0 Å². The van der Waals surface area contributed by atoms with Crippen molar-refractivity contribution in [3.63, 3.8) is 0 Å². The molecule has 0 aliphatic rings. The summed E-state index contributed by atoms with van der Waals surface area (Å²) < 4.78 is 40.1. The highest BCUT2D eigenvalue weighted by Gasteiger charge is 2.29. The molecule has 1 amide bonds. The second-order valence-electron chi connectivity index (χ2n) is 3.87. The Kier molecular flexibility index (Phi) is 5.03. The molecule has 1 N–H and O–H groups in total. The molecule has 0 radical (unpaired) electrons. The summed E-state index contributed by atoms with van der Waals surface area (Å²) >= 11 is 0. The van der Waals surface area contributed by atoms with E-state index in [2.05, 4.69) is 10.1 Å². The third kappa shape index (κ3) is 5.22. The summed E-state index contributed by atoms with van der Waals surface area (Å²) in [5.41, 5.74) is -0.140. The van der Waals surface area contributed by atoms with Crippen molar-refractivity contribution in [1.29, 1.82) is 0 Å². The van der Waals surface area contributed by atoms with E-state index in [0.717, 1.165) is 13.0 Å². The maximum atomic E-state index is 11.9. The lowest BCUT2D eigenvalue weighted by Gasteiger charge is -2.14. The zero-order valence-electron chi connectivity index (χ0n) is 10.3. The van der Waals surface area contributed by atoms with Gasteiger partial charge in [-0.15, -0.1) is 0 Å². The molecule has 9 heteroatoms. The number of carbonyl (C=O) groups is 1.